The van der Waals surface area contributed by atoms with Crippen LogP contribution in [0.5, 0.6) is 5.75 Å². The summed E-state index contributed by atoms with van der Waals surface area (Å²) in [6.07, 6.45) is 5.20. The van der Waals surface area contributed by atoms with Gasteiger partial charge in [-0.25, -0.2) is 0 Å². The molecule has 0 bridgehead atoms. The van der Waals surface area contributed by atoms with E-state index in [-0.39, 0.29) is 24.7 Å². The van der Waals surface area contributed by atoms with Crippen LogP contribution in [0.3, 0.4) is 0 Å². The van der Waals surface area contributed by atoms with Gasteiger partial charge in [0.1, 0.15) is 5.75 Å². The van der Waals surface area contributed by atoms with E-state index in [0.29, 0.717) is 35.7 Å². The Hall–Kier alpha value is -3.99. The molecular weight excluding hydrogens is 583 g/mol. The molecule has 10 heteroatoms. The number of hydrogen-bond donors (Lipinski definition) is 3. The van der Waals surface area contributed by atoms with Crippen LogP contribution in [0.1, 0.15) is 41.4 Å². The molecule has 4 aromatic rings. The Morgan fingerprint density at radius 2 is 1.80 bits per heavy atom. The maximum Gasteiger partial charge on any atom is 0.255 e. The van der Waals surface area contributed by atoms with Gasteiger partial charge in [0, 0.05) is 42.7 Å². The summed E-state index contributed by atoms with van der Waals surface area (Å²) >= 11 is 0. The number of aromatic nitrogens is 3. The normalized spacial score (nSPS) is 19.8. The molecule has 9 nitrogen and oxygen atoms in total. The van der Waals surface area contributed by atoms with Crippen molar-refractivity contribution >= 4 is 30.5 Å². The van der Waals surface area contributed by atoms with Crippen molar-refractivity contribution in [3.63, 3.8) is 0 Å². The zero-order valence-electron chi connectivity index (χ0n) is 26.6. The van der Waals surface area contributed by atoms with Crippen molar-refractivity contribution in [3.05, 3.63) is 95.8 Å². The molecule has 4 N–H and O–H groups in total. The molecular formula is C35H45N5O4Si. The summed E-state index contributed by atoms with van der Waals surface area (Å²) in [6.45, 7) is 8.03. The van der Waals surface area contributed by atoms with E-state index >= 15 is 0 Å². The van der Waals surface area contributed by atoms with Crippen LogP contribution >= 0.6 is 0 Å². The standard InChI is InChI=1S/C35H45N5O4Si/c1-24-32(17-8-25-6-5-7-28(22-25)37-35(42)26-9-11-27(36)12-10-26)44-33(18-20-40-23-29(19-21-41)38-39-40)34(24)45(3,4)31-15-13-30(43-2)14-16-31/h5-7,9-16,22-24,32-34,41H,8,17-21,36H2,1-4H3,(H,37,42)/t24-,32+,33-,34+/m1/s1. The number of rotatable bonds is 13. The average Bonchev–Trinajstić information content (AvgIpc) is 3.63. The molecule has 2 heterocycles. The number of aliphatic hydroxyl groups excluding tert-OH is 1. The lowest BCUT2D eigenvalue weighted by Gasteiger charge is -2.36. The molecule has 0 aliphatic carbocycles. The number of nitrogens with two attached hydrogens (primary N) is 1. The number of carbonyl (C=O) groups is 1. The molecule has 1 saturated heterocycles. The fourth-order valence-corrected chi connectivity index (χ4v) is 10.9. The highest BCUT2D eigenvalue weighted by Crippen LogP contribution is 2.46. The fraction of sp³-hybridized carbons (Fsp3) is 0.400. The second-order valence-electron chi connectivity index (χ2n) is 12.6. The van der Waals surface area contributed by atoms with Gasteiger partial charge in [-0.3, -0.25) is 9.48 Å². The molecule has 5 rings (SSSR count). The number of methoxy groups -OCH3 is 1. The number of amides is 1. The number of ether oxygens (including phenoxy) is 2. The van der Waals surface area contributed by atoms with Crippen molar-refractivity contribution in [2.45, 2.75) is 70.0 Å². The molecule has 0 saturated carbocycles. The highest BCUT2D eigenvalue weighted by Gasteiger charge is 2.50. The first-order chi connectivity index (χ1) is 21.7. The summed E-state index contributed by atoms with van der Waals surface area (Å²) in [4.78, 5) is 12.8. The highest BCUT2D eigenvalue weighted by molar-refractivity contribution is 6.91. The third kappa shape index (κ3) is 7.81. The van der Waals surface area contributed by atoms with E-state index in [1.54, 1.807) is 31.4 Å². The van der Waals surface area contributed by atoms with Crippen LogP contribution in [0.15, 0.2) is 79.0 Å². The van der Waals surface area contributed by atoms with Gasteiger partial charge in [0.2, 0.25) is 0 Å². The first-order valence-electron chi connectivity index (χ1n) is 15.7. The van der Waals surface area contributed by atoms with Crippen molar-refractivity contribution in [1.29, 1.82) is 0 Å². The number of carbonyl (C=O) groups excluding carboxylic acids is 1. The Morgan fingerprint density at radius 3 is 2.51 bits per heavy atom. The number of nitrogens with zero attached hydrogens (tertiary/aromatic N) is 3. The Bertz CT molecular complexity index is 1560. The molecule has 1 aromatic heterocycles. The van der Waals surface area contributed by atoms with E-state index in [1.807, 2.05) is 23.0 Å². The van der Waals surface area contributed by atoms with Crippen LogP contribution in [0.4, 0.5) is 11.4 Å². The number of anilines is 2. The Labute approximate surface area is 266 Å². The highest BCUT2D eigenvalue weighted by atomic mass is 28.3. The number of benzene rings is 3. The van der Waals surface area contributed by atoms with E-state index in [2.05, 4.69) is 72.0 Å². The number of hydrogen-bond acceptors (Lipinski definition) is 7. The SMILES string of the molecule is COc1ccc([Si](C)(C)[C@H]2[C@H](C)[C@H](CCc3cccc(NC(=O)c4ccc(N)cc4)c3)O[C@@H]2CCn2cc(CCO)nn2)cc1. The van der Waals surface area contributed by atoms with Crippen LogP contribution in [0.25, 0.3) is 0 Å². The average molecular weight is 628 g/mol. The van der Waals surface area contributed by atoms with E-state index in [0.717, 1.165) is 42.0 Å². The van der Waals surface area contributed by atoms with E-state index in [4.69, 9.17) is 15.2 Å². The number of aryl methyl sites for hydroxylation is 2. The summed E-state index contributed by atoms with van der Waals surface area (Å²) in [5, 5.41) is 22.2. The predicted octanol–water partition coefficient (Wildman–Crippen LogP) is 5.07. The minimum absolute atomic E-state index is 0.0607. The summed E-state index contributed by atoms with van der Waals surface area (Å²) in [6, 6.07) is 23.6. The van der Waals surface area contributed by atoms with Crippen LogP contribution < -0.4 is 21.0 Å². The van der Waals surface area contributed by atoms with Gasteiger partial charge < -0.3 is 25.6 Å². The van der Waals surface area contributed by atoms with Crippen LogP contribution in [0, 0.1) is 5.92 Å². The predicted molar refractivity (Wildman–Crippen MR) is 181 cm³/mol. The van der Waals surface area contributed by atoms with E-state index in [9.17, 15) is 9.90 Å². The minimum atomic E-state index is -1.98. The van der Waals surface area contributed by atoms with Crippen molar-refractivity contribution in [2.75, 3.05) is 24.8 Å². The van der Waals surface area contributed by atoms with Gasteiger partial charge in [0.25, 0.3) is 5.91 Å². The zero-order valence-corrected chi connectivity index (χ0v) is 27.6. The maximum absolute atomic E-state index is 12.8. The lowest BCUT2D eigenvalue weighted by molar-refractivity contribution is 0.0249. The molecule has 45 heavy (non-hydrogen) atoms. The van der Waals surface area contributed by atoms with Gasteiger partial charge in [-0.1, -0.05) is 54.7 Å². The summed E-state index contributed by atoms with van der Waals surface area (Å²) in [5.74, 6) is 1.07. The number of nitrogens with one attached hydrogen (secondary N) is 1. The number of nitrogen functional groups attached to an aromatic ring is 1. The second kappa shape index (κ2) is 14.4. The van der Waals surface area contributed by atoms with E-state index in [1.165, 1.54) is 5.19 Å². The quantitative estimate of drug-likeness (QED) is 0.140. The molecule has 4 atom stereocenters. The lowest BCUT2D eigenvalue weighted by Crippen LogP contribution is -2.50. The third-order valence-corrected chi connectivity index (χ3v) is 13.6. The Kier molecular flexibility index (Phi) is 10.4. The minimum Gasteiger partial charge on any atom is -0.497 e. The van der Waals surface area contributed by atoms with E-state index < -0.39 is 8.07 Å². The van der Waals surface area contributed by atoms with Gasteiger partial charge >= 0.3 is 0 Å². The molecule has 238 valence electrons. The largest absolute Gasteiger partial charge is 0.497 e. The van der Waals surface area contributed by atoms with Gasteiger partial charge in [0.05, 0.1) is 33.1 Å². The molecule has 1 amide bonds. The van der Waals surface area contributed by atoms with Crippen LogP contribution in [-0.2, 0) is 24.1 Å². The molecule has 3 aromatic carbocycles. The van der Waals surface area contributed by atoms with Crippen molar-refractivity contribution in [1.82, 2.24) is 15.0 Å². The Balaban J connectivity index is 1.29. The van der Waals surface area contributed by atoms with Crippen molar-refractivity contribution in [2.24, 2.45) is 5.92 Å². The monoisotopic (exact) mass is 627 g/mol. The van der Waals surface area contributed by atoms with Gasteiger partial charge in [-0.15, -0.1) is 5.10 Å². The van der Waals surface area contributed by atoms with Gasteiger partial charge in [-0.2, -0.15) is 0 Å². The molecule has 1 aliphatic rings. The Morgan fingerprint density at radius 1 is 1.04 bits per heavy atom. The van der Waals surface area contributed by atoms with Crippen molar-refractivity contribution < 1.29 is 19.4 Å². The van der Waals surface area contributed by atoms with Gasteiger partial charge in [-0.05, 0) is 84.8 Å². The summed E-state index contributed by atoms with van der Waals surface area (Å²) in [5.41, 5.74) is 10.1. The molecule has 1 aliphatic heterocycles. The zero-order chi connectivity index (χ0) is 32.0. The molecule has 0 radical (unpaired) electrons. The fourth-order valence-electron chi connectivity index (χ4n) is 6.80. The van der Waals surface area contributed by atoms with Crippen LogP contribution in [-0.4, -0.2) is 60.0 Å². The lowest BCUT2D eigenvalue weighted by atomic mass is 9.95. The summed E-state index contributed by atoms with van der Waals surface area (Å²) < 4.78 is 14.2. The first kappa shape index (κ1) is 32.4. The smallest absolute Gasteiger partial charge is 0.255 e. The first-order valence-corrected chi connectivity index (χ1v) is 18.8. The van der Waals surface area contributed by atoms with Gasteiger partial charge in [0.15, 0.2) is 0 Å². The second-order valence-corrected chi connectivity index (χ2v) is 17.3. The molecule has 0 spiro atoms. The molecule has 1 fully saturated rings. The third-order valence-electron chi connectivity index (χ3n) is 9.24. The topological polar surface area (TPSA) is 125 Å². The summed E-state index contributed by atoms with van der Waals surface area (Å²) in [7, 11) is -0.282. The van der Waals surface area contributed by atoms with Crippen molar-refractivity contribution in [3.8, 4) is 5.75 Å². The molecule has 0 unspecified atom stereocenters. The maximum atomic E-state index is 12.8. The number of aliphatic hydroxyl groups is 1. The van der Waals surface area contributed by atoms with Crippen LogP contribution in [0.2, 0.25) is 18.6 Å².